The molecule has 1 aliphatic rings. The number of carbonyl (C=O) groups is 1. The molecule has 1 N–H and O–H groups in total. The van der Waals surface area contributed by atoms with E-state index >= 15 is 0 Å². The van der Waals surface area contributed by atoms with E-state index in [1.807, 2.05) is 23.6 Å². The molecule has 1 saturated heterocycles. The standard InChI is InChI=1S/C20H21ClN4O2S/c21-15-5-3-14(4-6-15)13-22-17(26)7-11-25-19(27)18-16(8-12-28-18)23-20(25)24-9-1-2-10-24/h3-6,8,12H,1-2,7,9-11,13H2,(H,22,26). The molecule has 1 aliphatic heterocycles. The summed E-state index contributed by atoms with van der Waals surface area (Å²) in [7, 11) is 0. The van der Waals surface area contributed by atoms with Crippen LogP contribution in [0.4, 0.5) is 5.95 Å². The molecule has 0 bridgehead atoms. The van der Waals surface area contributed by atoms with Gasteiger partial charge in [0.25, 0.3) is 5.56 Å². The lowest BCUT2D eigenvalue weighted by Crippen LogP contribution is -2.32. The van der Waals surface area contributed by atoms with Gasteiger partial charge in [-0.1, -0.05) is 23.7 Å². The predicted octanol–water partition coefficient (Wildman–Crippen LogP) is 3.42. The van der Waals surface area contributed by atoms with Crippen LogP contribution in [0.5, 0.6) is 0 Å². The Kier molecular flexibility index (Phi) is 5.64. The summed E-state index contributed by atoms with van der Waals surface area (Å²) in [5.74, 6) is 0.583. The molecule has 1 fully saturated rings. The molecule has 0 radical (unpaired) electrons. The van der Waals surface area contributed by atoms with Crippen LogP contribution in [0.3, 0.4) is 0 Å². The minimum atomic E-state index is -0.0968. The van der Waals surface area contributed by atoms with Crippen molar-refractivity contribution >= 4 is 45.0 Å². The third-order valence-electron chi connectivity index (χ3n) is 4.90. The monoisotopic (exact) mass is 416 g/mol. The lowest BCUT2D eigenvalue weighted by Gasteiger charge is -2.21. The molecule has 2 aromatic heterocycles. The maximum Gasteiger partial charge on any atom is 0.272 e. The Morgan fingerprint density at radius 2 is 1.93 bits per heavy atom. The van der Waals surface area contributed by atoms with Gasteiger partial charge in [0.2, 0.25) is 11.9 Å². The fourth-order valence-electron chi connectivity index (χ4n) is 3.40. The maximum absolute atomic E-state index is 13.0. The molecule has 6 nitrogen and oxygen atoms in total. The molecule has 1 aromatic carbocycles. The number of benzene rings is 1. The second-order valence-electron chi connectivity index (χ2n) is 6.85. The number of halogens is 1. The Morgan fingerprint density at radius 3 is 2.68 bits per heavy atom. The van der Waals surface area contributed by atoms with E-state index in [0.717, 1.165) is 37.0 Å². The van der Waals surface area contributed by atoms with Crippen molar-refractivity contribution in [2.24, 2.45) is 0 Å². The van der Waals surface area contributed by atoms with Crippen LogP contribution in [-0.4, -0.2) is 28.5 Å². The summed E-state index contributed by atoms with van der Waals surface area (Å²) in [5.41, 5.74) is 1.65. The number of rotatable bonds is 6. The molecule has 0 saturated carbocycles. The fraction of sp³-hybridized carbons (Fsp3) is 0.350. The number of carbonyl (C=O) groups excluding carboxylic acids is 1. The van der Waals surface area contributed by atoms with Gasteiger partial charge in [0.05, 0.1) is 5.52 Å². The minimum Gasteiger partial charge on any atom is -0.352 e. The minimum absolute atomic E-state index is 0.0626. The van der Waals surface area contributed by atoms with Crippen molar-refractivity contribution in [2.45, 2.75) is 32.4 Å². The van der Waals surface area contributed by atoms with Gasteiger partial charge in [0.15, 0.2) is 0 Å². The van der Waals surface area contributed by atoms with Crippen molar-refractivity contribution in [3.8, 4) is 0 Å². The lowest BCUT2D eigenvalue weighted by molar-refractivity contribution is -0.121. The summed E-state index contributed by atoms with van der Waals surface area (Å²) in [6.45, 7) is 2.54. The van der Waals surface area contributed by atoms with Gasteiger partial charge in [-0.2, -0.15) is 0 Å². The highest BCUT2D eigenvalue weighted by atomic mass is 35.5. The quantitative estimate of drug-likeness (QED) is 0.668. The number of anilines is 1. The first-order valence-electron chi connectivity index (χ1n) is 9.36. The van der Waals surface area contributed by atoms with E-state index in [4.69, 9.17) is 16.6 Å². The molecule has 1 amide bonds. The van der Waals surface area contributed by atoms with Gasteiger partial charge in [-0.15, -0.1) is 11.3 Å². The number of aromatic nitrogens is 2. The van der Waals surface area contributed by atoms with Gasteiger partial charge >= 0.3 is 0 Å². The van der Waals surface area contributed by atoms with Gasteiger partial charge in [0.1, 0.15) is 4.70 Å². The molecule has 0 spiro atoms. The van der Waals surface area contributed by atoms with Crippen LogP contribution in [-0.2, 0) is 17.9 Å². The average molecular weight is 417 g/mol. The molecular weight excluding hydrogens is 396 g/mol. The zero-order valence-electron chi connectivity index (χ0n) is 15.4. The molecular formula is C20H21ClN4O2S. The summed E-state index contributed by atoms with van der Waals surface area (Å²) in [6.07, 6.45) is 2.42. The Labute approximate surface area is 171 Å². The largest absolute Gasteiger partial charge is 0.352 e. The first kappa shape index (κ1) is 19.0. The van der Waals surface area contributed by atoms with E-state index in [9.17, 15) is 9.59 Å². The van der Waals surface area contributed by atoms with Crippen LogP contribution in [0.25, 0.3) is 10.2 Å². The fourth-order valence-corrected chi connectivity index (χ4v) is 4.30. The predicted molar refractivity (Wildman–Crippen MR) is 113 cm³/mol. The second-order valence-corrected chi connectivity index (χ2v) is 8.20. The molecule has 8 heteroatoms. The first-order chi connectivity index (χ1) is 13.6. The van der Waals surface area contributed by atoms with Gasteiger partial charge < -0.3 is 10.2 Å². The van der Waals surface area contributed by atoms with Gasteiger partial charge in [-0.25, -0.2) is 4.98 Å². The van der Waals surface area contributed by atoms with Crippen molar-refractivity contribution in [1.29, 1.82) is 0 Å². The molecule has 4 rings (SSSR count). The molecule has 28 heavy (non-hydrogen) atoms. The average Bonchev–Trinajstić information content (AvgIpc) is 3.38. The second kappa shape index (κ2) is 8.32. The van der Waals surface area contributed by atoms with Crippen molar-refractivity contribution in [3.05, 3.63) is 56.7 Å². The van der Waals surface area contributed by atoms with E-state index in [-0.39, 0.29) is 17.9 Å². The molecule has 3 aromatic rings. The van der Waals surface area contributed by atoms with Crippen molar-refractivity contribution < 1.29 is 4.79 Å². The Bertz CT molecular complexity index is 1040. The topological polar surface area (TPSA) is 67.2 Å². The van der Waals surface area contributed by atoms with Crippen LogP contribution < -0.4 is 15.8 Å². The number of hydrogen-bond donors (Lipinski definition) is 1. The van der Waals surface area contributed by atoms with Crippen LogP contribution in [0.2, 0.25) is 5.02 Å². The van der Waals surface area contributed by atoms with Crippen molar-refractivity contribution in [2.75, 3.05) is 18.0 Å². The van der Waals surface area contributed by atoms with E-state index in [0.29, 0.717) is 28.8 Å². The first-order valence-corrected chi connectivity index (χ1v) is 10.6. The number of nitrogens with zero attached hydrogens (tertiary/aromatic N) is 3. The molecule has 3 heterocycles. The van der Waals surface area contributed by atoms with E-state index in [2.05, 4.69) is 10.2 Å². The SMILES string of the molecule is O=C(CCn1c(N2CCCC2)nc2ccsc2c1=O)NCc1ccc(Cl)cc1. The van der Waals surface area contributed by atoms with Crippen LogP contribution in [0.15, 0.2) is 40.5 Å². The van der Waals surface area contributed by atoms with Gasteiger partial charge in [-0.3, -0.25) is 14.2 Å². The van der Waals surface area contributed by atoms with Crippen LogP contribution >= 0.6 is 22.9 Å². The van der Waals surface area contributed by atoms with Crippen molar-refractivity contribution in [3.63, 3.8) is 0 Å². The maximum atomic E-state index is 13.0. The Balaban J connectivity index is 1.48. The highest BCUT2D eigenvalue weighted by molar-refractivity contribution is 7.17. The summed E-state index contributed by atoms with van der Waals surface area (Å²) in [6, 6.07) is 9.24. The van der Waals surface area contributed by atoms with Crippen molar-refractivity contribution in [1.82, 2.24) is 14.9 Å². The smallest absolute Gasteiger partial charge is 0.272 e. The van der Waals surface area contributed by atoms with E-state index in [1.165, 1.54) is 11.3 Å². The summed E-state index contributed by atoms with van der Waals surface area (Å²) in [5, 5.41) is 5.45. The lowest BCUT2D eigenvalue weighted by atomic mass is 10.2. The van der Waals surface area contributed by atoms with E-state index < -0.39 is 0 Å². The van der Waals surface area contributed by atoms with Gasteiger partial charge in [-0.05, 0) is 42.0 Å². The molecule has 0 unspecified atom stereocenters. The third kappa shape index (κ3) is 4.05. The third-order valence-corrected chi connectivity index (χ3v) is 6.04. The number of thiophene rings is 1. The summed E-state index contributed by atoms with van der Waals surface area (Å²) >= 11 is 7.28. The zero-order valence-corrected chi connectivity index (χ0v) is 16.9. The summed E-state index contributed by atoms with van der Waals surface area (Å²) < 4.78 is 2.30. The Morgan fingerprint density at radius 1 is 1.18 bits per heavy atom. The normalized spacial score (nSPS) is 14.0. The molecule has 0 atom stereocenters. The van der Waals surface area contributed by atoms with Crippen LogP contribution in [0.1, 0.15) is 24.8 Å². The number of fused-ring (bicyclic) bond motifs is 1. The van der Waals surface area contributed by atoms with Gasteiger partial charge in [0, 0.05) is 37.6 Å². The molecule has 146 valence electrons. The van der Waals surface area contributed by atoms with E-state index in [1.54, 1.807) is 16.7 Å². The number of amides is 1. The Hall–Kier alpha value is -2.38. The number of nitrogens with one attached hydrogen (secondary N) is 1. The zero-order chi connectivity index (χ0) is 19.5. The number of hydrogen-bond acceptors (Lipinski definition) is 5. The highest BCUT2D eigenvalue weighted by Crippen LogP contribution is 2.22. The summed E-state index contributed by atoms with van der Waals surface area (Å²) in [4.78, 5) is 32.1. The highest BCUT2D eigenvalue weighted by Gasteiger charge is 2.21. The van der Waals surface area contributed by atoms with Crippen LogP contribution in [0, 0.1) is 0 Å². The molecule has 0 aliphatic carbocycles.